The minimum atomic E-state index is -0.267. The number of hydrogen-bond acceptors (Lipinski definition) is 3. The van der Waals surface area contributed by atoms with Crippen LogP contribution in [-0.2, 0) is 4.79 Å². The first-order valence-corrected chi connectivity index (χ1v) is 9.55. The third-order valence-corrected chi connectivity index (χ3v) is 5.59. The standard InChI is InChI=1S/C16H22Cl2N2OS2/c1-5-20(6-2)16(22)23-11(4)15(21)19-10(3)13-8-7-12(17)9-14(13)18/h7-11H,5-6H2,1-4H3,(H,19,21)/t10-,11+/m1/s1. The highest BCUT2D eigenvalue weighted by Crippen LogP contribution is 2.26. The summed E-state index contributed by atoms with van der Waals surface area (Å²) in [5.41, 5.74) is 0.841. The van der Waals surface area contributed by atoms with Crippen molar-refractivity contribution >= 4 is 57.4 Å². The van der Waals surface area contributed by atoms with Gasteiger partial charge < -0.3 is 10.2 Å². The predicted octanol–water partition coefficient (Wildman–Crippen LogP) is 4.92. The van der Waals surface area contributed by atoms with Crippen LogP contribution in [0.25, 0.3) is 0 Å². The lowest BCUT2D eigenvalue weighted by atomic mass is 10.1. The molecule has 0 spiro atoms. The summed E-state index contributed by atoms with van der Waals surface area (Å²) in [6, 6.07) is 5.07. The first kappa shape index (κ1) is 20.6. The van der Waals surface area contributed by atoms with E-state index in [2.05, 4.69) is 10.2 Å². The number of carbonyl (C=O) groups is 1. The Morgan fingerprint density at radius 1 is 1.30 bits per heavy atom. The molecule has 0 aliphatic heterocycles. The van der Waals surface area contributed by atoms with E-state index in [0.717, 1.165) is 23.0 Å². The Kier molecular flexibility index (Phi) is 8.69. The van der Waals surface area contributed by atoms with Crippen molar-refractivity contribution in [2.24, 2.45) is 0 Å². The van der Waals surface area contributed by atoms with Crippen molar-refractivity contribution in [3.05, 3.63) is 33.8 Å². The van der Waals surface area contributed by atoms with Gasteiger partial charge in [-0.15, -0.1) is 0 Å². The molecule has 2 atom stereocenters. The number of benzene rings is 1. The first-order valence-electron chi connectivity index (χ1n) is 7.51. The molecular weight excluding hydrogens is 371 g/mol. The molecule has 1 aromatic rings. The van der Waals surface area contributed by atoms with E-state index in [1.54, 1.807) is 12.1 Å². The zero-order valence-corrected chi connectivity index (χ0v) is 16.9. The molecule has 1 amide bonds. The van der Waals surface area contributed by atoms with Crippen molar-refractivity contribution in [2.45, 2.75) is 39.0 Å². The van der Waals surface area contributed by atoms with Gasteiger partial charge in [-0.3, -0.25) is 4.79 Å². The van der Waals surface area contributed by atoms with Gasteiger partial charge in [0.15, 0.2) is 0 Å². The molecule has 0 aromatic heterocycles. The average Bonchev–Trinajstić information content (AvgIpc) is 2.47. The molecule has 128 valence electrons. The fourth-order valence-corrected chi connectivity index (χ4v) is 4.17. The Labute approximate surface area is 158 Å². The van der Waals surface area contributed by atoms with Crippen molar-refractivity contribution in [2.75, 3.05) is 13.1 Å². The van der Waals surface area contributed by atoms with Crippen LogP contribution >= 0.6 is 47.2 Å². The van der Waals surface area contributed by atoms with Crippen LogP contribution in [0, 0.1) is 0 Å². The van der Waals surface area contributed by atoms with E-state index in [0.29, 0.717) is 10.0 Å². The molecule has 0 unspecified atom stereocenters. The number of amides is 1. The van der Waals surface area contributed by atoms with Gasteiger partial charge in [0.2, 0.25) is 5.91 Å². The molecule has 0 bridgehead atoms. The molecular formula is C16H22Cl2N2OS2. The SMILES string of the molecule is CCN(CC)C(=S)S[C@@H](C)C(=O)N[C@H](C)c1ccc(Cl)cc1Cl. The molecule has 0 aliphatic carbocycles. The summed E-state index contributed by atoms with van der Waals surface area (Å²) >= 11 is 18.9. The zero-order valence-electron chi connectivity index (χ0n) is 13.7. The van der Waals surface area contributed by atoms with Crippen molar-refractivity contribution in [3.8, 4) is 0 Å². The summed E-state index contributed by atoms with van der Waals surface area (Å²) in [6.45, 7) is 9.53. The van der Waals surface area contributed by atoms with Crippen molar-refractivity contribution in [1.29, 1.82) is 0 Å². The Bertz CT molecular complexity index is 565. The van der Waals surface area contributed by atoms with Crippen LogP contribution in [0.1, 0.15) is 39.3 Å². The van der Waals surface area contributed by atoms with E-state index < -0.39 is 0 Å². The first-order chi connectivity index (χ1) is 10.8. The summed E-state index contributed by atoms with van der Waals surface area (Å²) in [4.78, 5) is 14.4. The Hall–Kier alpha value is -0.490. The van der Waals surface area contributed by atoms with E-state index in [9.17, 15) is 4.79 Å². The fourth-order valence-electron chi connectivity index (χ4n) is 2.02. The molecule has 23 heavy (non-hydrogen) atoms. The van der Waals surface area contributed by atoms with Crippen molar-refractivity contribution < 1.29 is 4.79 Å². The monoisotopic (exact) mass is 392 g/mol. The van der Waals surface area contributed by atoms with Gasteiger partial charge in [0.1, 0.15) is 4.32 Å². The van der Waals surface area contributed by atoms with Crippen LogP contribution < -0.4 is 5.32 Å². The Morgan fingerprint density at radius 3 is 2.43 bits per heavy atom. The van der Waals surface area contributed by atoms with Gasteiger partial charge in [-0.05, 0) is 45.4 Å². The summed E-state index contributed by atoms with van der Waals surface area (Å²) in [6.07, 6.45) is 0. The number of thiocarbonyl (C=S) groups is 1. The van der Waals surface area contributed by atoms with E-state index in [1.807, 2.05) is 33.8 Å². The Balaban J connectivity index is 2.65. The van der Waals surface area contributed by atoms with E-state index in [4.69, 9.17) is 35.4 Å². The molecule has 3 nitrogen and oxygen atoms in total. The molecule has 0 heterocycles. The van der Waals surface area contributed by atoms with Crippen molar-refractivity contribution in [1.82, 2.24) is 10.2 Å². The van der Waals surface area contributed by atoms with Gasteiger partial charge in [-0.1, -0.05) is 53.2 Å². The maximum absolute atomic E-state index is 12.4. The van der Waals surface area contributed by atoms with E-state index in [1.165, 1.54) is 11.8 Å². The average molecular weight is 393 g/mol. The maximum Gasteiger partial charge on any atom is 0.233 e. The zero-order chi connectivity index (χ0) is 17.6. The number of thioether (sulfide) groups is 1. The molecule has 0 saturated carbocycles. The normalized spacial score (nSPS) is 13.3. The van der Waals surface area contributed by atoms with Gasteiger partial charge in [0, 0.05) is 23.1 Å². The van der Waals surface area contributed by atoms with Crippen molar-refractivity contribution in [3.63, 3.8) is 0 Å². The predicted molar refractivity (Wildman–Crippen MR) is 106 cm³/mol. The molecule has 0 radical (unpaired) electrons. The Morgan fingerprint density at radius 2 is 1.91 bits per heavy atom. The lowest BCUT2D eigenvalue weighted by molar-refractivity contribution is -0.120. The van der Waals surface area contributed by atoms with Gasteiger partial charge in [-0.25, -0.2) is 0 Å². The summed E-state index contributed by atoms with van der Waals surface area (Å²) in [7, 11) is 0. The smallest absolute Gasteiger partial charge is 0.233 e. The fraction of sp³-hybridized carbons (Fsp3) is 0.500. The van der Waals surface area contributed by atoms with Crippen LogP contribution in [-0.4, -0.2) is 33.5 Å². The number of hydrogen-bond donors (Lipinski definition) is 1. The highest BCUT2D eigenvalue weighted by atomic mass is 35.5. The second kappa shape index (κ2) is 9.72. The molecule has 7 heteroatoms. The molecule has 1 N–H and O–H groups in total. The lowest BCUT2D eigenvalue weighted by Gasteiger charge is -2.24. The number of carbonyl (C=O) groups excluding carboxylic acids is 1. The third kappa shape index (κ3) is 6.14. The van der Waals surface area contributed by atoms with Crippen LogP contribution in [0.3, 0.4) is 0 Å². The maximum atomic E-state index is 12.4. The van der Waals surface area contributed by atoms with E-state index >= 15 is 0 Å². The highest BCUT2D eigenvalue weighted by Gasteiger charge is 2.21. The summed E-state index contributed by atoms with van der Waals surface area (Å²) in [5, 5.41) is 3.82. The minimum absolute atomic E-state index is 0.0666. The van der Waals surface area contributed by atoms with Gasteiger partial charge in [0.25, 0.3) is 0 Å². The lowest BCUT2D eigenvalue weighted by Crippen LogP contribution is -2.36. The number of halogens is 2. The van der Waals surface area contributed by atoms with E-state index in [-0.39, 0.29) is 17.2 Å². The molecule has 0 saturated heterocycles. The largest absolute Gasteiger partial charge is 0.358 e. The quantitative estimate of drug-likeness (QED) is 0.696. The van der Waals surface area contributed by atoms with Crippen LogP contribution in [0.4, 0.5) is 0 Å². The molecule has 1 rings (SSSR count). The number of rotatable bonds is 6. The second-order valence-corrected chi connectivity index (χ2v) is 7.91. The number of nitrogens with one attached hydrogen (secondary N) is 1. The molecule has 1 aromatic carbocycles. The van der Waals surface area contributed by atoms with Gasteiger partial charge >= 0.3 is 0 Å². The third-order valence-electron chi connectivity index (χ3n) is 3.46. The van der Waals surface area contributed by atoms with Crippen LogP contribution in [0.15, 0.2) is 18.2 Å². The molecule has 0 fully saturated rings. The molecule has 0 aliphatic rings. The minimum Gasteiger partial charge on any atom is -0.358 e. The second-order valence-electron chi connectivity index (χ2n) is 5.09. The summed E-state index contributed by atoms with van der Waals surface area (Å²) < 4.78 is 0.745. The summed E-state index contributed by atoms with van der Waals surface area (Å²) in [5.74, 6) is -0.0666. The topological polar surface area (TPSA) is 32.3 Å². The van der Waals surface area contributed by atoms with Crippen LogP contribution in [0.2, 0.25) is 10.0 Å². The van der Waals surface area contributed by atoms with Gasteiger partial charge in [-0.2, -0.15) is 0 Å². The highest BCUT2D eigenvalue weighted by molar-refractivity contribution is 8.23. The van der Waals surface area contributed by atoms with Crippen LogP contribution in [0.5, 0.6) is 0 Å². The van der Waals surface area contributed by atoms with Gasteiger partial charge in [0.05, 0.1) is 11.3 Å². The number of nitrogens with zero attached hydrogens (tertiary/aromatic N) is 1.